The largest absolute Gasteiger partial charge is 0.461 e. The summed E-state index contributed by atoms with van der Waals surface area (Å²) in [5, 5.41) is 0. The predicted octanol–water partition coefficient (Wildman–Crippen LogP) is 7.09. The van der Waals surface area contributed by atoms with Gasteiger partial charge in [-0.2, -0.15) is 0 Å². The van der Waals surface area contributed by atoms with Crippen LogP contribution in [0.3, 0.4) is 0 Å². The normalized spacial score (nSPS) is 12.8. The van der Waals surface area contributed by atoms with Gasteiger partial charge in [0.15, 0.2) is 0 Å². The Morgan fingerprint density at radius 1 is 0.964 bits per heavy atom. The van der Waals surface area contributed by atoms with E-state index in [1.165, 1.54) is 56.9 Å². The topological polar surface area (TPSA) is 29.5 Å². The van der Waals surface area contributed by atoms with Crippen LogP contribution in [0.4, 0.5) is 5.69 Å². The smallest absolute Gasteiger partial charge is 0.328 e. The minimum atomic E-state index is -0.281. The number of unbranched alkanes of at least 4 members (excludes halogenated alkanes) is 8. The van der Waals surface area contributed by atoms with E-state index in [-0.39, 0.29) is 30.5 Å². The highest BCUT2D eigenvalue weighted by Crippen LogP contribution is 2.21. The molecule has 0 aliphatic rings. The molecule has 0 saturated carbocycles. The van der Waals surface area contributed by atoms with E-state index in [1.807, 2.05) is 44.0 Å². The van der Waals surface area contributed by atoms with Crippen LogP contribution in [0.2, 0.25) is 0 Å². The lowest BCUT2D eigenvalue weighted by Gasteiger charge is -2.28. The van der Waals surface area contributed by atoms with Crippen molar-refractivity contribution in [2.24, 2.45) is 0 Å². The molecule has 1 aromatic carbocycles. The van der Waals surface area contributed by atoms with Gasteiger partial charge in [-0.05, 0) is 45.2 Å². The van der Waals surface area contributed by atoms with E-state index in [9.17, 15) is 4.79 Å². The molecule has 3 nitrogen and oxygen atoms in total. The van der Waals surface area contributed by atoms with Crippen LogP contribution in [0, 0.1) is 6.92 Å². The van der Waals surface area contributed by atoms with Gasteiger partial charge in [-0.25, -0.2) is 4.79 Å². The second-order valence-corrected chi connectivity index (χ2v) is 7.94. The minimum absolute atomic E-state index is 0. The quantitative estimate of drug-likeness (QED) is 0.241. The van der Waals surface area contributed by atoms with Crippen LogP contribution < -0.4 is 4.90 Å². The number of rotatable bonds is 14. The number of nitrogens with zero attached hydrogens (tertiary/aromatic N) is 1. The Morgan fingerprint density at radius 2 is 1.50 bits per heavy atom. The number of carbonyl (C=O) groups is 1. The molecule has 1 rings (SSSR count). The zero-order chi connectivity index (χ0) is 20.1. The Labute approximate surface area is 179 Å². The maximum Gasteiger partial charge on any atom is 0.328 e. The molecule has 1 aromatic rings. The zero-order valence-corrected chi connectivity index (χ0v) is 19.5. The van der Waals surface area contributed by atoms with Crippen LogP contribution in [0.1, 0.15) is 90.5 Å². The highest BCUT2D eigenvalue weighted by molar-refractivity contribution is 5.85. The molecule has 0 fully saturated rings. The van der Waals surface area contributed by atoms with Crippen LogP contribution in [-0.4, -0.2) is 25.2 Å². The number of hydrogen-bond donors (Lipinski definition) is 0. The van der Waals surface area contributed by atoms with Crippen LogP contribution in [0.5, 0.6) is 0 Å². The maximum absolute atomic E-state index is 12.5. The minimum Gasteiger partial charge on any atom is -0.461 e. The average molecular weight is 412 g/mol. The number of halogens is 1. The van der Waals surface area contributed by atoms with Gasteiger partial charge in [-0.3, -0.25) is 0 Å². The van der Waals surface area contributed by atoms with Crippen molar-refractivity contribution in [1.29, 1.82) is 0 Å². The number of carbonyl (C=O) groups excluding carboxylic acids is 1. The third-order valence-corrected chi connectivity index (χ3v) is 5.45. The van der Waals surface area contributed by atoms with E-state index >= 15 is 0 Å². The van der Waals surface area contributed by atoms with Gasteiger partial charge >= 0.3 is 5.97 Å². The second kappa shape index (κ2) is 15.7. The summed E-state index contributed by atoms with van der Waals surface area (Å²) < 4.78 is 5.69. The van der Waals surface area contributed by atoms with E-state index < -0.39 is 0 Å². The fourth-order valence-electron chi connectivity index (χ4n) is 3.42. The predicted molar refractivity (Wildman–Crippen MR) is 124 cm³/mol. The highest BCUT2D eigenvalue weighted by Gasteiger charge is 2.22. The number of para-hydroxylation sites is 1. The second-order valence-electron chi connectivity index (χ2n) is 7.94. The van der Waals surface area contributed by atoms with Gasteiger partial charge < -0.3 is 9.64 Å². The standard InChI is InChI=1S/C24H41NO2.ClH/c1-6-7-8-9-10-11-12-13-14-18-21(3)27-24(26)22(4)25(5)23-19-16-15-17-20(23)2;/h15-17,19,21-22H,6-14,18H2,1-5H3;1H. The molecule has 0 aliphatic carbocycles. The number of ether oxygens (including phenoxy) is 1. The number of hydrogen-bond acceptors (Lipinski definition) is 3. The van der Waals surface area contributed by atoms with Crippen molar-refractivity contribution >= 4 is 24.1 Å². The Bertz CT molecular complexity index is 535. The van der Waals surface area contributed by atoms with E-state index in [0.717, 1.165) is 18.5 Å². The van der Waals surface area contributed by atoms with Gasteiger partial charge in [-0.15, -0.1) is 12.4 Å². The summed E-state index contributed by atoms with van der Waals surface area (Å²) >= 11 is 0. The number of benzene rings is 1. The van der Waals surface area contributed by atoms with Crippen LogP contribution in [0.25, 0.3) is 0 Å². The van der Waals surface area contributed by atoms with Crippen LogP contribution >= 0.6 is 12.4 Å². The van der Waals surface area contributed by atoms with Crippen molar-refractivity contribution in [3.05, 3.63) is 29.8 Å². The van der Waals surface area contributed by atoms with Crippen molar-refractivity contribution in [3.8, 4) is 0 Å². The molecule has 0 radical (unpaired) electrons. The number of aryl methyl sites for hydroxylation is 1. The molecule has 0 saturated heterocycles. The van der Waals surface area contributed by atoms with Crippen molar-refractivity contribution in [2.45, 2.75) is 104 Å². The summed E-state index contributed by atoms with van der Waals surface area (Å²) in [6, 6.07) is 7.85. The van der Waals surface area contributed by atoms with E-state index in [2.05, 4.69) is 19.9 Å². The first-order valence-corrected chi connectivity index (χ1v) is 11.0. The molecule has 0 N–H and O–H groups in total. The third kappa shape index (κ3) is 10.4. The molecule has 0 aromatic heterocycles. The number of anilines is 1. The van der Waals surface area contributed by atoms with Gasteiger partial charge in [0.2, 0.25) is 0 Å². The first-order chi connectivity index (χ1) is 13.0. The number of likely N-dealkylation sites (N-methyl/N-ethyl adjacent to an activating group) is 1. The zero-order valence-electron chi connectivity index (χ0n) is 18.7. The summed E-state index contributed by atoms with van der Waals surface area (Å²) in [5.74, 6) is -0.135. The molecular formula is C24H42ClNO2. The van der Waals surface area contributed by atoms with Crippen molar-refractivity contribution in [3.63, 3.8) is 0 Å². The molecule has 28 heavy (non-hydrogen) atoms. The Kier molecular flexibility index (Phi) is 15.0. The third-order valence-electron chi connectivity index (χ3n) is 5.45. The molecule has 2 atom stereocenters. The molecule has 4 heteroatoms. The summed E-state index contributed by atoms with van der Waals surface area (Å²) in [5.41, 5.74) is 2.25. The van der Waals surface area contributed by atoms with E-state index in [1.54, 1.807) is 0 Å². The van der Waals surface area contributed by atoms with Gasteiger partial charge in [-0.1, -0.05) is 76.5 Å². The lowest BCUT2D eigenvalue weighted by Crippen LogP contribution is -2.39. The van der Waals surface area contributed by atoms with Crippen LogP contribution in [0.15, 0.2) is 24.3 Å². The van der Waals surface area contributed by atoms with Gasteiger partial charge in [0.25, 0.3) is 0 Å². The first kappa shape index (κ1) is 26.8. The summed E-state index contributed by atoms with van der Waals surface area (Å²) in [6.07, 6.45) is 12.8. The molecule has 0 spiro atoms. The van der Waals surface area contributed by atoms with Crippen molar-refractivity contribution in [2.75, 3.05) is 11.9 Å². The van der Waals surface area contributed by atoms with E-state index in [4.69, 9.17) is 4.74 Å². The molecule has 162 valence electrons. The van der Waals surface area contributed by atoms with Gasteiger partial charge in [0, 0.05) is 12.7 Å². The van der Waals surface area contributed by atoms with Gasteiger partial charge in [0.05, 0.1) is 6.10 Å². The fraction of sp³-hybridized carbons (Fsp3) is 0.708. The van der Waals surface area contributed by atoms with Crippen molar-refractivity contribution in [1.82, 2.24) is 0 Å². The van der Waals surface area contributed by atoms with Crippen LogP contribution in [-0.2, 0) is 9.53 Å². The Balaban J connectivity index is 0.00000729. The molecule has 0 bridgehead atoms. The monoisotopic (exact) mass is 411 g/mol. The first-order valence-electron chi connectivity index (χ1n) is 11.0. The summed E-state index contributed by atoms with van der Waals surface area (Å²) in [4.78, 5) is 14.5. The molecule has 0 aliphatic heterocycles. The van der Waals surface area contributed by atoms with Gasteiger partial charge in [0.1, 0.15) is 6.04 Å². The lowest BCUT2D eigenvalue weighted by atomic mass is 10.1. The molecule has 0 heterocycles. The highest BCUT2D eigenvalue weighted by atomic mass is 35.5. The number of esters is 1. The maximum atomic E-state index is 12.5. The van der Waals surface area contributed by atoms with Crippen molar-refractivity contribution < 1.29 is 9.53 Å². The summed E-state index contributed by atoms with van der Waals surface area (Å²) in [7, 11) is 1.96. The summed E-state index contributed by atoms with van der Waals surface area (Å²) in [6.45, 7) is 8.26. The fourth-order valence-corrected chi connectivity index (χ4v) is 3.42. The Morgan fingerprint density at radius 3 is 2.07 bits per heavy atom. The lowest BCUT2D eigenvalue weighted by molar-refractivity contribution is -0.149. The Hall–Kier alpha value is -1.22. The van der Waals surface area contributed by atoms with E-state index in [0.29, 0.717) is 0 Å². The SMILES string of the molecule is CCCCCCCCCCCC(C)OC(=O)C(C)N(C)c1ccccc1C.Cl. The average Bonchev–Trinajstić information content (AvgIpc) is 2.65. The molecule has 0 amide bonds. The molecular weight excluding hydrogens is 370 g/mol. The molecule has 2 unspecified atom stereocenters.